The summed E-state index contributed by atoms with van der Waals surface area (Å²) in [4.78, 5) is 19.7. The summed E-state index contributed by atoms with van der Waals surface area (Å²) in [6.45, 7) is 4.32. The average Bonchev–Trinajstić information content (AvgIpc) is 3.30. The molecule has 0 aliphatic carbocycles. The van der Waals surface area contributed by atoms with E-state index in [0.29, 0.717) is 11.4 Å². The highest BCUT2D eigenvalue weighted by molar-refractivity contribution is 9.10. The van der Waals surface area contributed by atoms with E-state index in [4.69, 9.17) is 4.74 Å². The van der Waals surface area contributed by atoms with Gasteiger partial charge < -0.3 is 15.4 Å². The van der Waals surface area contributed by atoms with Crippen LogP contribution in [0.3, 0.4) is 0 Å². The van der Waals surface area contributed by atoms with Gasteiger partial charge in [-0.05, 0) is 42.0 Å². The summed E-state index contributed by atoms with van der Waals surface area (Å²) in [7, 11) is 0. The first-order valence-electron chi connectivity index (χ1n) is 10.7. The number of halogens is 1. The lowest BCUT2D eigenvalue weighted by Crippen LogP contribution is -2.35. The molecule has 2 aromatic heterocycles. The van der Waals surface area contributed by atoms with E-state index in [2.05, 4.69) is 46.6 Å². The molecular formula is C24H23BrN6O2. The number of anilines is 3. The van der Waals surface area contributed by atoms with Gasteiger partial charge in [0.05, 0.1) is 30.6 Å². The molecule has 33 heavy (non-hydrogen) atoms. The highest BCUT2D eigenvalue weighted by Crippen LogP contribution is 2.28. The molecule has 0 saturated carbocycles. The highest BCUT2D eigenvalue weighted by atomic mass is 79.9. The number of ether oxygens (including phenoxy) is 1. The molecule has 2 aromatic carbocycles. The zero-order chi connectivity index (χ0) is 22.6. The van der Waals surface area contributed by atoms with Crippen molar-refractivity contribution >= 4 is 49.8 Å². The van der Waals surface area contributed by atoms with Gasteiger partial charge in [0, 0.05) is 47.1 Å². The third kappa shape index (κ3) is 5.05. The summed E-state index contributed by atoms with van der Waals surface area (Å²) in [5.41, 5.74) is 4.56. The van der Waals surface area contributed by atoms with Gasteiger partial charge in [-0.25, -0.2) is 0 Å². The normalized spacial score (nSPS) is 14.3. The molecule has 1 aliphatic heterocycles. The summed E-state index contributed by atoms with van der Waals surface area (Å²) in [6.07, 6.45) is 3.33. The molecule has 9 heteroatoms. The Kier molecular flexibility index (Phi) is 6.34. The van der Waals surface area contributed by atoms with Crippen molar-refractivity contribution in [2.24, 2.45) is 0 Å². The minimum Gasteiger partial charge on any atom is -0.379 e. The van der Waals surface area contributed by atoms with E-state index >= 15 is 0 Å². The van der Waals surface area contributed by atoms with E-state index in [-0.39, 0.29) is 5.91 Å². The van der Waals surface area contributed by atoms with Crippen LogP contribution < -0.4 is 10.6 Å². The van der Waals surface area contributed by atoms with Crippen LogP contribution in [0.1, 0.15) is 16.1 Å². The van der Waals surface area contributed by atoms with Crippen molar-refractivity contribution in [1.82, 2.24) is 20.1 Å². The molecule has 1 saturated heterocycles. The number of amides is 1. The number of carbonyl (C=O) groups is 1. The van der Waals surface area contributed by atoms with Crippen molar-refractivity contribution in [3.05, 3.63) is 76.7 Å². The molecule has 8 nitrogen and oxygen atoms in total. The number of nitrogens with one attached hydrogen (secondary N) is 3. The second-order valence-corrected chi connectivity index (χ2v) is 8.76. The SMILES string of the molecule is O=C(Nc1ccc(CN2CCOCC2)cc1)c1[nH]ncc1Nc1ccnc2ccc(Br)cc12. The number of aromatic amines is 1. The van der Waals surface area contributed by atoms with Gasteiger partial charge in [-0.3, -0.25) is 19.8 Å². The van der Waals surface area contributed by atoms with E-state index in [1.165, 1.54) is 5.56 Å². The molecule has 0 bridgehead atoms. The van der Waals surface area contributed by atoms with Crippen LogP contribution in [0.15, 0.2) is 65.4 Å². The molecule has 1 fully saturated rings. The van der Waals surface area contributed by atoms with Crippen molar-refractivity contribution in [1.29, 1.82) is 0 Å². The molecule has 0 radical (unpaired) electrons. The first-order valence-corrected chi connectivity index (χ1v) is 11.5. The topological polar surface area (TPSA) is 95.2 Å². The molecule has 3 N–H and O–H groups in total. The van der Waals surface area contributed by atoms with Gasteiger partial charge in [0.2, 0.25) is 0 Å². The van der Waals surface area contributed by atoms with Crippen LogP contribution in [-0.4, -0.2) is 52.3 Å². The Morgan fingerprint density at radius 3 is 2.73 bits per heavy atom. The number of hydrogen-bond donors (Lipinski definition) is 3. The van der Waals surface area contributed by atoms with Crippen molar-refractivity contribution in [2.45, 2.75) is 6.54 Å². The maximum absolute atomic E-state index is 12.9. The lowest BCUT2D eigenvalue weighted by molar-refractivity contribution is 0.0342. The fourth-order valence-corrected chi connectivity index (χ4v) is 4.19. The number of fused-ring (bicyclic) bond motifs is 1. The average molecular weight is 507 g/mol. The summed E-state index contributed by atoms with van der Waals surface area (Å²) in [5, 5.41) is 14.1. The first kappa shape index (κ1) is 21.6. The second-order valence-electron chi connectivity index (χ2n) is 7.84. The first-order chi connectivity index (χ1) is 16.2. The maximum atomic E-state index is 12.9. The van der Waals surface area contributed by atoms with Crippen molar-refractivity contribution in [3.63, 3.8) is 0 Å². The zero-order valence-electron chi connectivity index (χ0n) is 17.8. The molecule has 1 aliphatic rings. The Bertz CT molecular complexity index is 1270. The van der Waals surface area contributed by atoms with E-state index in [9.17, 15) is 4.79 Å². The number of pyridine rings is 1. The number of hydrogen-bond acceptors (Lipinski definition) is 6. The predicted molar refractivity (Wildman–Crippen MR) is 132 cm³/mol. The van der Waals surface area contributed by atoms with Crippen LogP contribution in [-0.2, 0) is 11.3 Å². The highest BCUT2D eigenvalue weighted by Gasteiger charge is 2.16. The minimum atomic E-state index is -0.268. The number of H-pyrrole nitrogens is 1. The van der Waals surface area contributed by atoms with Gasteiger partial charge in [0.25, 0.3) is 5.91 Å². The summed E-state index contributed by atoms with van der Waals surface area (Å²) in [5.74, 6) is -0.268. The summed E-state index contributed by atoms with van der Waals surface area (Å²) < 4.78 is 6.35. The van der Waals surface area contributed by atoms with Gasteiger partial charge in [-0.1, -0.05) is 28.1 Å². The lowest BCUT2D eigenvalue weighted by atomic mass is 10.1. The van der Waals surface area contributed by atoms with Crippen LogP contribution in [0.5, 0.6) is 0 Å². The molecule has 3 heterocycles. The molecule has 0 atom stereocenters. The van der Waals surface area contributed by atoms with Gasteiger partial charge in [-0.2, -0.15) is 5.10 Å². The number of nitrogens with zero attached hydrogens (tertiary/aromatic N) is 3. The lowest BCUT2D eigenvalue weighted by Gasteiger charge is -2.26. The van der Waals surface area contributed by atoms with Crippen LogP contribution >= 0.6 is 15.9 Å². The zero-order valence-corrected chi connectivity index (χ0v) is 19.4. The molecular weight excluding hydrogens is 484 g/mol. The van der Waals surface area contributed by atoms with Crippen LogP contribution in [0.2, 0.25) is 0 Å². The monoisotopic (exact) mass is 506 g/mol. The minimum absolute atomic E-state index is 0.268. The molecule has 0 spiro atoms. The predicted octanol–water partition coefficient (Wildman–Crippen LogP) is 4.55. The molecule has 1 amide bonds. The number of morpholine rings is 1. The fourth-order valence-electron chi connectivity index (χ4n) is 3.83. The Morgan fingerprint density at radius 2 is 1.91 bits per heavy atom. The Hall–Kier alpha value is -3.27. The van der Waals surface area contributed by atoms with E-state index in [1.807, 2.05) is 48.5 Å². The molecule has 168 valence electrons. The smallest absolute Gasteiger partial charge is 0.275 e. The molecule has 0 unspecified atom stereocenters. The van der Waals surface area contributed by atoms with Crippen molar-refractivity contribution in [2.75, 3.05) is 36.9 Å². The maximum Gasteiger partial charge on any atom is 0.275 e. The van der Waals surface area contributed by atoms with Crippen molar-refractivity contribution < 1.29 is 9.53 Å². The standard InChI is InChI=1S/C24H23BrN6O2/c25-17-3-6-20-19(13-17)21(7-8-26-20)29-22-14-27-30-23(22)24(32)28-18-4-1-16(2-5-18)15-31-9-11-33-12-10-31/h1-8,13-14H,9-12,15H2,(H,26,29)(H,27,30)(H,28,32). The number of rotatable bonds is 6. The van der Waals surface area contributed by atoms with Crippen LogP contribution in [0.25, 0.3) is 10.9 Å². The number of aromatic nitrogens is 3. The molecule has 4 aromatic rings. The number of carbonyl (C=O) groups excluding carboxylic acids is 1. The van der Waals surface area contributed by atoms with Gasteiger partial charge in [-0.15, -0.1) is 0 Å². The second kappa shape index (κ2) is 9.70. The quantitative estimate of drug-likeness (QED) is 0.355. The Morgan fingerprint density at radius 1 is 1.09 bits per heavy atom. The Labute approximate surface area is 199 Å². The third-order valence-electron chi connectivity index (χ3n) is 5.56. The van der Waals surface area contributed by atoms with Gasteiger partial charge in [0.15, 0.2) is 0 Å². The van der Waals surface area contributed by atoms with Crippen LogP contribution in [0.4, 0.5) is 17.1 Å². The van der Waals surface area contributed by atoms with Gasteiger partial charge in [0.1, 0.15) is 5.69 Å². The summed E-state index contributed by atoms with van der Waals surface area (Å²) >= 11 is 3.51. The summed E-state index contributed by atoms with van der Waals surface area (Å²) in [6, 6.07) is 15.7. The van der Waals surface area contributed by atoms with Crippen LogP contribution in [0, 0.1) is 0 Å². The van der Waals surface area contributed by atoms with Crippen molar-refractivity contribution in [3.8, 4) is 0 Å². The Balaban J connectivity index is 1.28. The number of benzene rings is 2. The van der Waals surface area contributed by atoms with E-state index in [1.54, 1.807) is 12.4 Å². The molecule has 5 rings (SSSR count). The third-order valence-corrected chi connectivity index (χ3v) is 6.05. The fraction of sp³-hybridized carbons (Fsp3) is 0.208. The largest absolute Gasteiger partial charge is 0.379 e. The van der Waals surface area contributed by atoms with Gasteiger partial charge >= 0.3 is 0 Å². The van der Waals surface area contributed by atoms with E-state index < -0.39 is 0 Å². The van der Waals surface area contributed by atoms with E-state index in [0.717, 1.165) is 59.6 Å².